The van der Waals surface area contributed by atoms with Crippen LogP contribution in [-0.2, 0) is 0 Å². The van der Waals surface area contributed by atoms with Crippen molar-refractivity contribution in [2.24, 2.45) is 5.41 Å². The highest BCUT2D eigenvalue weighted by atomic mass is 15.1. The van der Waals surface area contributed by atoms with E-state index in [0.29, 0.717) is 0 Å². The van der Waals surface area contributed by atoms with Crippen molar-refractivity contribution in [3.63, 3.8) is 0 Å². The van der Waals surface area contributed by atoms with Crippen LogP contribution in [-0.4, -0.2) is 25.0 Å². The molecule has 0 aromatic carbocycles. The molecule has 0 atom stereocenters. The first kappa shape index (κ1) is 16.7. The third-order valence-corrected chi connectivity index (χ3v) is 3.30. The van der Waals surface area contributed by atoms with Crippen LogP contribution in [0.15, 0.2) is 36.5 Å². The Morgan fingerprint density at radius 3 is 2.28 bits per heavy atom. The quantitative estimate of drug-likeness (QED) is 0.705. The molecule has 0 bridgehead atoms. The molecular formula is C16H26N2. The van der Waals surface area contributed by atoms with Crippen molar-refractivity contribution < 1.29 is 0 Å². The van der Waals surface area contributed by atoms with Crippen LogP contribution in [0.4, 0.5) is 0 Å². The first-order valence-electron chi connectivity index (χ1n) is 6.74. The molecule has 0 unspecified atom stereocenters. The maximum Gasteiger partial charge on any atom is 0.0846 e. The van der Waals surface area contributed by atoms with E-state index in [1.54, 1.807) is 0 Å². The summed E-state index contributed by atoms with van der Waals surface area (Å²) in [4.78, 5) is 2.27. The molecule has 1 heterocycles. The van der Waals surface area contributed by atoms with Gasteiger partial charge in [-0.2, -0.15) is 5.26 Å². The van der Waals surface area contributed by atoms with Crippen molar-refractivity contribution in [1.82, 2.24) is 4.90 Å². The molecule has 1 aliphatic rings. The van der Waals surface area contributed by atoms with Gasteiger partial charge in [-0.3, -0.25) is 0 Å². The molecule has 2 heteroatoms. The van der Waals surface area contributed by atoms with Gasteiger partial charge >= 0.3 is 0 Å². The van der Waals surface area contributed by atoms with Gasteiger partial charge in [0.1, 0.15) is 0 Å². The summed E-state index contributed by atoms with van der Waals surface area (Å²) >= 11 is 0. The molecule has 2 nitrogen and oxygen atoms in total. The molecule has 0 saturated carbocycles. The molecule has 1 aliphatic heterocycles. The second kappa shape index (κ2) is 8.72. The van der Waals surface area contributed by atoms with E-state index in [1.165, 1.54) is 0 Å². The van der Waals surface area contributed by atoms with Gasteiger partial charge in [-0.25, -0.2) is 0 Å². The molecule has 1 fully saturated rings. The smallest absolute Gasteiger partial charge is 0.0846 e. The summed E-state index contributed by atoms with van der Waals surface area (Å²) in [5, 5.41) is 9.45. The summed E-state index contributed by atoms with van der Waals surface area (Å²) in [6, 6.07) is 2.50. The summed E-state index contributed by atoms with van der Waals surface area (Å²) in [5.41, 5.74) is 0.731. The number of nitriles is 1. The zero-order valence-electron chi connectivity index (χ0n) is 12.2. The zero-order valence-corrected chi connectivity index (χ0v) is 12.2. The van der Waals surface area contributed by atoms with Crippen LogP contribution >= 0.6 is 0 Å². The summed E-state index contributed by atoms with van der Waals surface area (Å²) in [5.74, 6) is 0. The van der Waals surface area contributed by atoms with Gasteiger partial charge in [-0.1, -0.05) is 44.7 Å². The third-order valence-electron chi connectivity index (χ3n) is 3.30. The summed E-state index contributed by atoms with van der Waals surface area (Å²) < 4.78 is 0. The van der Waals surface area contributed by atoms with E-state index in [-0.39, 0.29) is 5.41 Å². The van der Waals surface area contributed by atoms with Crippen molar-refractivity contribution in [2.75, 3.05) is 20.1 Å². The van der Waals surface area contributed by atoms with Gasteiger partial charge < -0.3 is 4.90 Å². The predicted octanol–water partition coefficient (Wildman–Crippen LogP) is 3.94. The number of likely N-dealkylation sites (tertiary alicyclic amines) is 1. The fraction of sp³-hybridized carbons (Fsp3) is 0.562. The van der Waals surface area contributed by atoms with Crippen LogP contribution in [0.3, 0.4) is 0 Å². The van der Waals surface area contributed by atoms with Gasteiger partial charge in [-0.15, -0.1) is 0 Å². The average molecular weight is 246 g/mol. The lowest BCUT2D eigenvalue weighted by atomic mass is 9.73. The second-order valence-corrected chi connectivity index (χ2v) is 4.35. The Labute approximate surface area is 112 Å². The molecule has 100 valence electrons. The molecule has 0 radical (unpaired) electrons. The van der Waals surface area contributed by atoms with Crippen molar-refractivity contribution in [3.8, 4) is 6.07 Å². The minimum absolute atomic E-state index is 0.326. The highest BCUT2D eigenvalue weighted by molar-refractivity contribution is 5.35. The topological polar surface area (TPSA) is 27.0 Å². The minimum Gasteiger partial charge on any atom is -0.306 e. The van der Waals surface area contributed by atoms with E-state index in [9.17, 15) is 5.26 Å². The normalized spacial score (nSPS) is 19.8. The lowest BCUT2D eigenvalue weighted by Crippen LogP contribution is -2.38. The van der Waals surface area contributed by atoms with Crippen molar-refractivity contribution in [3.05, 3.63) is 36.5 Å². The molecule has 0 aromatic rings. The Balaban J connectivity index is 0.00000137. The highest BCUT2D eigenvalue weighted by Crippen LogP contribution is 2.38. The Hall–Kier alpha value is -1.33. The Morgan fingerprint density at radius 1 is 1.33 bits per heavy atom. The van der Waals surface area contributed by atoms with Crippen LogP contribution in [0.1, 0.15) is 33.6 Å². The fourth-order valence-electron chi connectivity index (χ4n) is 2.09. The molecule has 1 saturated heterocycles. The maximum absolute atomic E-state index is 9.45. The first-order chi connectivity index (χ1) is 8.68. The largest absolute Gasteiger partial charge is 0.306 e. The second-order valence-electron chi connectivity index (χ2n) is 4.35. The lowest BCUT2D eigenvalue weighted by molar-refractivity contribution is 0.200. The number of hydrogen-bond acceptors (Lipinski definition) is 2. The standard InChI is InChI=1S/C14H20N2.C2H6/c1-4-6-7-13(5-2)14(12-15)8-10-16(3)11-9-14;1-2/h4-7H,2,8-11H2,1,3H3;1-2H3/b6-4-,13-7+;. The molecule has 1 rings (SSSR count). The summed E-state index contributed by atoms with van der Waals surface area (Å²) in [6.07, 6.45) is 9.60. The first-order valence-corrected chi connectivity index (χ1v) is 6.74. The molecule has 0 aliphatic carbocycles. The lowest BCUT2D eigenvalue weighted by Gasteiger charge is -2.36. The molecule has 18 heavy (non-hydrogen) atoms. The van der Waals surface area contributed by atoms with Gasteiger partial charge in [0.2, 0.25) is 0 Å². The highest BCUT2D eigenvalue weighted by Gasteiger charge is 2.35. The molecular weight excluding hydrogens is 220 g/mol. The van der Waals surface area contributed by atoms with Crippen LogP contribution in [0.5, 0.6) is 0 Å². The Kier molecular flexibility index (Phi) is 8.07. The van der Waals surface area contributed by atoms with Crippen molar-refractivity contribution in [2.45, 2.75) is 33.6 Å². The van der Waals surface area contributed by atoms with E-state index < -0.39 is 0 Å². The number of nitrogens with zero attached hydrogens (tertiary/aromatic N) is 2. The minimum atomic E-state index is -0.326. The third kappa shape index (κ3) is 4.16. The van der Waals surface area contributed by atoms with Gasteiger partial charge in [0.25, 0.3) is 0 Å². The number of rotatable bonds is 3. The van der Waals surface area contributed by atoms with Gasteiger partial charge in [-0.05, 0) is 45.5 Å². The predicted molar refractivity (Wildman–Crippen MR) is 79.2 cm³/mol. The van der Waals surface area contributed by atoms with Crippen molar-refractivity contribution in [1.29, 1.82) is 5.26 Å². The fourth-order valence-corrected chi connectivity index (χ4v) is 2.09. The van der Waals surface area contributed by atoms with E-state index in [4.69, 9.17) is 0 Å². The average Bonchev–Trinajstić information content (AvgIpc) is 2.44. The SMILES string of the molecule is C=C/C(=C\C=C/C)C1(C#N)CCN(C)CC1.CC. The van der Waals surface area contributed by atoms with Crippen LogP contribution < -0.4 is 0 Å². The van der Waals surface area contributed by atoms with E-state index in [2.05, 4.69) is 24.6 Å². The van der Waals surface area contributed by atoms with E-state index in [0.717, 1.165) is 31.5 Å². The molecule has 0 aromatic heterocycles. The number of piperidine rings is 1. The van der Waals surface area contributed by atoms with Crippen molar-refractivity contribution >= 4 is 0 Å². The van der Waals surface area contributed by atoms with E-state index >= 15 is 0 Å². The van der Waals surface area contributed by atoms with Crippen LogP contribution in [0.25, 0.3) is 0 Å². The zero-order chi connectivity index (χ0) is 14.0. The molecule has 0 spiro atoms. The monoisotopic (exact) mass is 246 g/mol. The maximum atomic E-state index is 9.45. The van der Waals surface area contributed by atoms with Gasteiger partial charge in [0, 0.05) is 0 Å². The molecule has 0 amide bonds. The van der Waals surface area contributed by atoms with Gasteiger partial charge in [0.15, 0.2) is 0 Å². The summed E-state index contributed by atoms with van der Waals surface area (Å²) in [6.45, 7) is 11.8. The Bertz CT molecular complexity index is 337. The number of hydrogen-bond donors (Lipinski definition) is 0. The number of allylic oxidation sites excluding steroid dienone is 5. The Morgan fingerprint density at radius 2 is 1.89 bits per heavy atom. The van der Waals surface area contributed by atoms with Gasteiger partial charge in [0.05, 0.1) is 11.5 Å². The van der Waals surface area contributed by atoms with Crippen LogP contribution in [0.2, 0.25) is 0 Å². The van der Waals surface area contributed by atoms with Crippen LogP contribution in [0, 0.1) is 16.7 Å². The molecule has 0 N–H and O–H groups in total. The van der Waals surface area contributed by atoms with E-state index in [1.807, 2.05) is 45.1 Å². The summed E-state index contributed by atoms with van der Waals surface area (Å²) in [7, 11) is 2.10.